The third kappa shape index (κ3) is 4.82. The molecule has 1 atom stereocenters. The molecular formula is C19H19Cl2F3N2O4S. The molecule has 0 spiro atoms. The molecule has 0 amide bonds. The molecule has 0 fully saturated rings. The molecule has 0 saturated heterocycles. The molecule has 170 valence electrons. The molecule has 0 radical (unpaired) electrons. The number of sulfonamides is 1. The highest BCUT2D eigenvalue weighted by molar-refractivity contribution is 7.93. The Bertz CT molecular complexity index is 1090. The van der Waals surface area contributed by atoms with E-state index in [1.165, 1.54) is 13.2 Å². The molecule has 0 bridgehead atoms. The largest absolute Gasteiger partial charge is 0.496 e. The second-order valence-corrected chi connectivity index (χ2v) is 9.56. The first-order valence-corrected chi connectivity index (χ1v) is 11.2. The number of hydrogen-bond acceptors (Lipinski definition) is 5. The predicted molar refractivity (Wildman–Crippen MR) is 112 cm³/mol. The second kappa shape index (κ2) is 8.57. The summed E-state index contributed by atoms with van der Waals surface area (Å²) in [5, 5.41) is -1.30. The van der Waals surface area contributed by atoms with E-state index in [1.54, 1.807) is 6.07 Å². The van der Waals surface area contributed by atoms with Gasteiger partial charge in [-0.25, -0.2) is 8.42 Å². The van der Waals surface area contributed by atoms with Crippen LogP contribution in [0.3, 0.4) is 0 Å². The molecule has 6 nitrogen and oxygen atoms in total. The van der Waals surface area contributed by atoms with E-state index in [-0.39, 0.29) is 17.5 Å². The maximum absolute atomic E-state index is 13.0. The van der Waals surface area contributed by atoms with Crippen LogP contribution in [0.25, 0.3) is 0 Å². The highest BCUT2D eigenvalue weighted by atomic mass is 35.5. The highest BCUT2D eigenvalue weighted by Gasteiger charge is 2.35. The Morgan fingerprint density at radius 1 is 1.19 bits per heavy atom. The standard InChI is InChI=1S/C19H19Cl2F3N2O4S/c1-26(2)11-8-12-16(29-3)5-4-15(17(12)30-9-11)25-31(27,28)18-13(20)6-10(7-14(18)21)19(22,23)24/h4-7,11,25H,8-9H2,1-3H3/t11-/m1/s1. The van der Waals surface area contributed by atoms with Crippen LogP contribution in [0.15, 0.2) is 29.2 Å². The van der Waals surface area contributed by atoms with Crippen molar-refractivity contribution in [2.75, 3.05) is 32.5 Å². The van der Waals surface area contributed by atoms with Gasteiger partial charge in [-0.3, -0.25) is 4.72 Å². The lowest BCUT2D eigenvalue weighted by Gasteiger charge is -2.32. The summed E-state index contributed by atoms with van der Waals surface area (Å²) in [5.74, 6) is 0.801. The molecule has 0 unspecified atom stereocenters. The second-order valence-electron chi connectivity index (χ2n) is 7.13. The van der Waals surface area contributed by atoms with Gasteiger partial charge in [0.25, 0.3) is 10.0 Å². The van der Waals surface area contributed by atoms with Gasteiger partial charge in [-0.1, -0.05) is 23.2 Å². The molecule has 2 aromatic carbocycles. The van der Waals surface area contributed by atoms with Crippen molar-refractivity contribution in [3.05, 3.63) is 45.4 Å². The van der Waals surface area contributed by atoms with Gasteiger partial charge in [-0.2, -0.15) is 13.2 Å². The smallest absolute Gasteiger partial charge is 0.416 e. The lowest BCUT2D eigenvalue weighted by Crippen LogP contribution is -2.38. The van der Waals surface area contributed by atoms with Gasteiger partial charge in [-0.05, 0) is 44.8 Å². The van der Waals surface area contributed by atoms with Gasteiger partial charge in [0.15, 0.2) is 0 Å². The van der Waals surface area contributed by atoms with Gasteiger partial charge in [0.2, 0.25) is 0 Å². The van der Waals surface area contributed by atoms with Gasteiger partial charge >= 0.3 is 6.18 Å². The van der Waals surface area contributed by atoms with Gasteiger partial charge in [-0.15, -0.1) is 0 Å². The molecular weight excluding hydrogens is 480 g/mol. The third-order valence-corrected chi connectivity index (χ3v) is 7.15. The number of nitrogens with one attached hydrogen (secondary N) is 1. The lowest BCUT2D eigenvalue weighted by atomic mass is 10.00. The van der Waals surface area contributed by atoms with Crippen molar-refractivity contribution in [3.8, 4) is 11.5 Å². The summed E-state index contributed by atoms with van der Waals surface area (Å²) >= 11 is 11.8. The van der Waals surface area contributed by atoms with E-state index in [4.69, 9.17) is 32.7 Å². The number of fused-ring (bicyclic) bond motifs is 1. The molecule has 0 saturated carbocycles. The van der Waals surface area contributed by atoms with Crippen molar-refractivity contribution in [3.63, 3.8) is 0 Å². The van der Waals surface area contributed by atoms with Crippen LogP contribution in [0, 0.1) is 0 Å². The SMILES string of the molecule is COc1ccc(NS(=O)(=O)c2c(Cl)cc(C(F)(F)F)cc2Cl)c2c1C[C@@H](N(C)C)CO2. The number of benzene rings is 2. The van der Waals surface area contributed by atoms with Crippen LogP contribution in [-0.4, -0.2) is 47.2 Å². The van der Waals surface area contributed by atoms with Crippen LogP contribution in [0.5, 0.6) is 11.5 Å². The summed E-state index contributed by atoms with van der Waals surface area (Å²) in [5.41, 5.74) is -0.390. The molecule has 31 heavy (non-hydrogen) atoms. The van der Waals surface area contributed by atoms with E-state index in [9.17, 15) is 21.6 Å². The minimum Gasteiger partial charge on any atom is -0.496 e. The van der Waals surface area contributed by atoms with Crippen LogP contribution in [-0.2, 0) is 22.6 Å². The molecule has 1 heterocycles. The number of rotatable bonds is 5. The molecule has 0 aromatic heterocycles. The van der Waals surface area contributed by atoms with E-state index in [0.717, 1.165) is 0 Å². The topological polar surface area (TPSA) is 67.9 Å². The molecule has 3 rings (SSSR count). The fourth-order valence-electron chi connectivity index (χ4n) is 3.22. The maximum Gasteiger partial charge on any atom is 0.416 e. The summed E-state index contributed by atoms with van der Waals surface area (Å²) in [6.07, 6.45) is -4.18. The minimum absolute atomic E-state index is 0.0482. The van der Waals surface area contributed by atoms with Gasteiger partial charge < -0.3 is 14.4 Å². The first-order chi connectivity index (χ1) is 14.3. The van der Waals surface area contributed by atoms with E-state index < -0.39 is 36.7 Å². The van der Waals surface area contributed by atoms with E-state index in [2.05, 4.69) is 4.72 Å². The van der Waals surface area contributed by atoms with Crippen molar-refractivity contribution >= 4 is 38.9 Å². The zero-order valence-corrected chi connectivity index (χ0v) is 19.0. The number of methoxy groups -OCH3 is 1. The molecule has 1 aliphatic rings. The number of hydrogen-bond donors (Lipinski definition) is 1. The zero-order valence-electron chi connectivity index (χ0n) is 16.7. The van der Waals surface area contributed by atoms with Crippen LogP contribution < -0.4 is 14.2 Å². The molecule has 1 N–H and O–H groups in total. The van der Waals surface area contributed by atoms with Crippen molar-refractivity contribution in [1.29, 1.82) is 0 Å². The van der Waals surface area contributed by atoms with Crippen LogP contribution in [0.1, 0.15) is 11.1 Å². The summed E-state index contributed by atoms with van der Waals surface area (Å²) in [6, 6.07) is 4.10. The first-order valence-electron chi connectivity index (χ1n) is 8.93. The molecule has 12 heteroatoms. The number of likely N-dealkylation sites (N-methyl/N-ethyl adjacent to an activating group) is 1. The van der Waals surface area contributed by atoms with Crippen molar-refractivity contribution in [1.82, 2.24) is 4.90 Å². The Morgan fingerprint density at radius 3 is 2.32 bits per heavy atom. The maximum atomic E-state index is 13.0. The van der Waals surface area contributed by atoms with Gasteiger partial charge in [0.05, 0.1) is 28.4 Å². The summed E-state index contributed by atoms with van der Waals surface area (Å²) in [6.45, 7) is 0.309. The molecule has 2 aromatic rings. The highest BCUT2D eigenvalue weighted by Crippen LogP contribution is 2.42. The van der Waals surface area contributed by atoms with Crippen LogP contribution >= 0.6 is 23.2 Å². The fraction of sp³-hybridized carbons (Fsp3) is 0.368. The third-order valence-electron chi connectivity index (χ3n) is 4.87. The Balaban J connectivity index is 2.03. The average Bonchev–Trinajstić information content (AvgIpc) is 2.66. The minimum atomic E-state index is -4.73. The van der Waals surface area contributed by atoms with Crippen molar-refractivity contribution in [2.45, 2.75) is 23.5 Å². The van der Waals surface area contributed by atoms with Crippen LogP contribution in [0.2, 0.25) is 10.0 Å². The molecule has 1 aliphatic heterocycles. The zero-order chi connectivity index (χ0) is 23.1. The fourth-order valence-corrected chi connectivity index (χ4v) is 5.50. The van der Waals surface area contributed by atoms with Crippen molar-refractivity contribution < 1.29 is 31.1 Å². The summed E-state index contributed by atoms with van der Waals surface area (Å²) in [7, 11) is 0.845. The van der Waals surface area contributed by atoms with Gasteiger partial charge in [0.1, 0.15) is 23.0 Å². The normalized spacial score (nSPS) is 16.6. The molecule has 0 aliphatic carbocycles. The quantitative estimate of drug-likeness (QED) is 0.647. The summed E-state index contributed by atoms with van der Waals surface area (Å²) in [4.78, 5) is 1.32. The Morgan fingerprint density at radius 2 is 1.81 bits per heavy atom. The predicted octanol–water partition coefficient (Wildman–Crippen LogP) is 4.69. The number of ether oxygens (including phenoxy) is 2. The number of halogens is 5. The lowest BCUT2D eigenvalue weighted by molar-refractivity contribution is -0.137. The monoisotopic (exact) mass is 498 g/mol. The van der Waals surface area contributed by atoms with E-state index in [0.29, 0.717) is 36.5 Å². The Labute approximate surface area is 187 Å². The Kier molecular flexibility index (Phi) is 6.57. The van der Waals surface area contributed by atoms with Crippen LogP contribution in [0.4, 0.5) is 18.9 Å². The number of nitrogens with zero attached hydrogens (tertiary/aromatic N) is 1. The number of anilines is 1. The van der Waals surface area contributed by atoms with E-state index >= 15 is 0 Å². The number of alkyl halides is 3. The van der Waals surface area contributed by atoms with Gasteiger partial charge in [0, 0.05) is 11.6 Å². The average molecular weight is 499 g/mol. The summed E-state index contributed by atoms with van der Waals surface area (Å²) < 4.78 is 78.3. The van der Waals surface area contributed by atoms with E-state index in [1.807, 2.05) is 19.0 Å². The first kappa shape index (κ1) is 23.8. The van der Waals surface area contributed by atoms with Crippen molar-refractivity contribution in [2.24, 2.45) is 0 Å². The Hall–Kier alpha value is -1.88.